The average molecular weight is 266 g/mol. The third kappa shape index (κ3) is 3.23. The normalized spacial score (nSPS) is 12.2. The summed E-state index contributed by atoms with van der Waals surface area (Å²) in [6.07, 6.45) is 0.446. The Bertz CT molecular complexity index is 578. The van der Waals surface area contributed by atoms with Crippen molar-refractivity contribution in [1.82, 2.24) is 9.97 Å². The van der Waals surface area contributed by atoms with Gasteiger partial charge in [0.05, 0.1) is 12.8 Å². The number of rotatable bonds is 4. The average Bonchev–Trinajstić information content (AvgIpc) is 2.43. The van der Waals surface area contributed by atoms with Crippen LogP contribution in [0.15, 0.2) is 30.6 Å². The molecular weight excluding hydrogens is 254 g/mol. The molecule has 4 nitrogen and oxygen atoms in total. The highest BCUT2D eigenvalue weighted by Crippen LogP contribution is 2.19. The molecule has 1 unspecified atom stereocenters. The molecule has 0 aliphatic rings. The maximum atomic E-state index is 13.0. The molecule has 1 N–H and O–H groups in total. The van der Waals surface area contributed by atoms with Crippen molar-refractivity contribution in [1.29, 1.82) is 0 Å². The molecule has 1 aromatic heterocycles. The van der Waals surface area contributed by atoms with Crippen LogP contribution in [0.4, 0.5) is 8.78 Å². The standard InChI is InChI=1S/C13H12F2N2O2/c1-19-13-6-11(16-7-17-13)12(18)5-8-2-3-9(14)10(15)4-8/h2-4,6-7,12,18H,5H2,1H3. The Labute approximate surface area is 108 Å². The van der Waals surface area contributed by atoms with E-state index in [-0.39, 0.29) is 6.42 Å². The summed E-state index contributed by atoms with van der Waals surface area (Å²) in [5.74, 6) is -1.53. The van der Waals surface area contributed by atoms with Crippen molar-refractivity contribution < 1.29 is 18.6 Å². The molecule has 100 valence electrons. The molecule has 1 heterocycles. The second-order valence-electron chi connectivity index (χ2n) is 3.95. The lowest BCUT2D eigenvalue weighted by Gasteiger charge is -2.10. The van der Waals surface area contributed by atoms with Gasteiger partial charge in [0.1, 0.15) is 12.4 Å². The second-order valence-corrected chi connectivity index (χ2v) is 3.95. The maximum Gasteiger partial charge on any atom is 0.216 e. The van der Waals surface area contributed by atoms with E-state index in [0.717, 1.165) is 12.1 Å². The summed E-state index contributed by atoms with van der Waals surface area (Å²) in [5.41, 5.74) is 0.834. The van der Waals surface area contributed by atoms with Gasteiger partial charge in [-0.2, -0.15) is 0 Å². The van der Waals surface area contributed by atoms with Crippen molar-refractivity contribution in [3.05, 3.63) is 53.5 Å². The lowest BCUT2D eigenvalue weighted by atomic mass is 10.1. The Morgan fingerprint density at radius 2 is 2.00 bits per heavy atom. The number of benzene rings is 1. The van der Waals surface area contributed by atoms with Gasteiger partial charge in [-0.1, -0.05) is 6.07 Å². The molecule has 19 heavy (non-hydrogen) atoms. The quantitative estimate of drug-likeness (QED) is 0.920. The number of aromatic nitrogens is 2. The lowest BCUT2D eigenvalue weighted by molar-refractivity contribution is 0.172. The molecule has 0 saturated heterocycles. The highest BCUT2D eigenvalue weighted by atomic mass is 19.2. The first-order valence-corrected chi connectivity index (χ1v) is 5.58. The Balaban J connectivity index is 2.15. The summed E-state index contributed by atoms with van der Waals surface area (Å²) in [5, 5.41) is 9.99. The van der Waals surface area contributed by atoms with Gasteiger partial charge in [-0.05, 0) is 17.7 Å². The van der Waals surface area contributed by atoms with Crippen molar-refractivity contribution in [3.63, 3.8) is 0 Å². The van der Waals surface area contributed by atoms with Crippen molar-refractivity contribution in [2.24, 2.45) is 0 Å². The number of halogens is 2. The topological polar surface area (TPSA) is 55.2 Å². The number of ether oxygens (including phenoxy) is 1. The van der Waals surface area contributed by atoms with Crippen LogP contribution in [0, 0.1) is 11.6 Å². The fourth-order valence-corrected chi connectivity index (χ4v) is 1.64. The van der Waals surface area contributed by atoms with Crippen molar-refractivity contribution in [2.75, 3.05) is 7.11 Å². The molecule has 2 rings (SSSR count). The fraction of sp³-hybridized carbons (Fsp3) is 0.231. The smallest absolute Gasteiger partial charge is 0.216 e. The van der Waals surface area contributed by atoms with Crippen LogP contribution in [0.3, 0.4) is 0 Å². The molecule has 0 aliphatic carbocycles. The molecule has 1 atom stereocenters. The fourth-order valence-electron chi connectivity index (χ4n) is 1.64. The van der Waals surface area contributed by atoms with E-state index < -0.39 is 17.7 Å². The van der Waals surface area contributed by atoms with Crippen LogP contribution in [0.25, 0.3) is 0 Å². The number of hydrogen-bond acceptors (Lipinski definition) is 4. The predicted octanol–water partition coefficient (Wildman–Crippen LogP) is 2.04. The number of nitrogens with zero attached hydrogens (tertiary/aromatic N) is 2. The largest absolute Gasteiger partial charge is 0.481 e. The Morgan fingerprint density at radius 1 is 1.21 bits per heavy atom. The maximum absolute atomic E-state index is 13.0. The molecule has 0 radical (unpaired) electrons. The van der Waals surface area contributed by atoms with E-state index >= 15 is 0 Å². The van der Waals surface area contributed by atoms with Crippen LogP contribution in [0.2, 0.25) is 0 Å². The van der Waals surface area contributed by atoms with E-state index in [4.69, 9.17) is 4.74 Å². The highest BCUT2D eigenvalue weighted by molar-refractivity contribution is 5.22. The molecule has 2 aromatic rings. The van der Waals surface area contributed by atoms with Gasteiger partial charge >= 0.3 is 0 Å². The molecule has 0 spiro atoms. The van der Waals surface area contributed by atoms with Crippen molar-refractivity contribution in [2.45, 2.75) is 12.5 Å². The summed E-state index contributed by atoms with van der Waals surface area (Å²) in [6.45, 7) is 0. The van der Waals surface area contributed by atoms with Gasteiger partial charge in [0.15, 0.2) is 11.6 Å². The number of aliphatic hydroxyl groups is 1. The van der Waals surface area contributed by atoms with Crippen LogP contribution in [-0.2, 0) is 6.42 Å². The molecule has 0 fully saturated rings. The Morgan fingerprint density at radius 3 is 2.68 bits per heavy atom. The van der Waals surface area contributed by atoms with E-state index in [0.29, 0.717) is 17.1 Å². The third-order valence-corrected chi connectivity index (χ3v) is 2.63. The summed E-state index contributed by atoms with van der Waals surface area (Å²) in [6, 6.07) is 4.99. The highest BCUT2D eigenvalue weighted by Gasteiger charge is 2.13. The van der Waals surface area contributed by atoms with Gasteiger partial charge in [0.25, 0.3) is 0 Å². The van der Waals surface area contributed by atoms with E-state index in [1.54, 1.807) is 0 Å². The molecule has 0 amide bonds. The number of hydrogen-bond donors (Lipinski definition) is 1. The zero-order chi connectivity index (χ0) is 13.8. The minimum Gasteiger partial charge on any atom is -0.481 e. The Hall–Kier alpha value is -2.08. The van der Waals surface area contributed by atoms with Crippen LogP contribution >= 0.6 is 0 Å². The van der Waals surface area contributed by atoms with E-state index in [1.807, 2.05) is 0 Å². The van der Waals surface area contributed by atoms with Crippen molar-refractivity contribution >= 4 is 0 Å². The summed E-state index contributed by atoms with van der Waals surface area (Å²) < 4.78 is 30.7. The predicted molar refractivity (Wildman–Crippen MR) is 63.6 cm³/mol. The van der Waals surface area contributed by atoms with Gasteiger partial charge in [-0.15, -0.1) is 0 Å². The van der Waals surface area contributed by atoms with E-state index in [9.17, 15) is 13.9 Å². The van der Waals surface area contributed by atoms with Gasteiger partial charge in [0.2, 0.25) is 5.88 Å². The summed E-state index contributed by atoms with van der Waals surface area (Å²) in [7, 11) is 1.45. The van der Waals surface area contributed by atoms with E-state index in [1.165, 1.54) is 25.6 Å². The van der Waals surface area contributed by atoms with Crippen molar-refractivity contribution in [3.8, 4) is 5.88 Å². The minimum absolute atomic E-state index is 0.122. The minimum atomic E-state index is -0.943. The second kappa shape index (κ2) is 5.71. The first kappa shape index (κ1) is 13.4. The van der Waals surface area contributed by atoms with Gasteiger partial charge in [-0.25, -0.2) is 18.7 Å². The molecule has 0 bridgehead atoms. The zero-order valence-corrected chi connectivity index (χ0v) is 10.2. The zero-order valence-electron chi connectivity index (χ0n) is 10.2. The van der Waals surface area contributed by atoms with Crippen LogP contribution in [-0.4, -0.2) is 22.2 Å². The lowest BCUT2D eigenvalue weighted by Crippen LogP contribution is -2.05. The number of aliphatic hydroxyl groups excluding tert-OH is 1. The van der Waals surface area contributed by atoms with Gasteiger partial charge in [0, 0.05) is 12.5 Å². The van der Waals surface area contributed by atoms with Crippen LogP contribution in [0.5, 0.6) is 5.88 Å². The first-order valence-electron chi connectivity index (χ1n) is 5.58. The monoisotopic (exact) mass is 266 g/mol. The number of methoxy groups -OCH3 is 1. The first-order chi connectivity index (χ1) is 9.10. The molecule has 0 saturated carbocycles. The summed E-state index contributed by atoms with van der Waals surface area (Å²) in [4.78, 5) is 7.73. The van der Waals surface area contributed by atoms with Crippen LogP contribution in [0.1, 0.15) is 17.4 Å². The SMILES string of the molecule is COc1cc(C(O)Cc2ccc(F)c(F)c2)ncn1. The third-order valence-electron chi connectivity index (χ3n) is 2.63. The Kier molecular flexibility index (Phi) is 4.01. The van der Waals surface area contributed by atoms with E-state index in [2.05, 4.69) is 9.97 Å². The molecule has 1 aromatic carbocycles. The summed E-state index contributed by atoms with van der Waals surface area (Å²) >= 11 is 0. The van der Waals surface area contributed by atoms with Gasteiger partial charge in [-0.3, -0.25) is 0 Å². The van der Waals surface area contributed by atoms with Gasteiger partial charge < -0.3 is 9.84 Å². The van der Waals surface area contributed by atoms with Crippen LogP contribution < -0.4 is 4.74 Å². The molecule has 0 aliphatic heterocycles. The molecule has 6 heteroatoms. The molecular formula is C13H12F2N2O2.